The Morgan fingerprint density at radius 1 is 1.41 bits per heavy atom. The number of halogens is 3. The SMILES string of the molecule is CNC(=O)C12CC1C(c1cc(/C=C(\F)c3ccc(Br)cn3)ccc1F)N=C(N)S2. The molecule has 1 aromatic carbocycles. The lowest BCUT2D eigenvalue weighted by molar-refractivity contribution is -0.121. The Bertz CT molecular complexity index is 1040. The number of thioether (sulfide) groups is 1. The van der Waals surface area contributed by atoms with Gasteiger partial charge < -0.3 is 11.1 Å². The average Bonchev–Trinajstić information content (AvgIpc) is 3.44. The van der Waals surface area contributed by atoms with E-state index in [1.165, 1.54) is 36.2 Å². The van der Waals surface area contributed by atoms with Crippen molar-refractivity contribution in [2.75, 3.05) is 7.05 Å². The molecule has 2 aromatic rings. The zero-order valence-electron chi connectivity index (χ0n) is 15.3. The van der Waals surface area contributed by atoms with Crippen LogP contribution in [0, 0.1) is 11.7 Å². The second-order valence-corrected chi connectivity index (χ2v) is 9.19. The molecule has 29 heavy (non-hydrogen) atoms. The number of carbonyl (C=O) groups is 1. The smallest absolute Gasteiger partial charge is 0.236 e. The van der Waals surface area contributed by atoms with Gasteiger partial charge in [-0.1, -0.05) is 17.8 Å². The number of amidine groups is 1. The third-order valence-corrected chi connectivity index (χ3v) is 6.91. The Balaban J connectivity index is 1.67. The molecule has 1 amide bonds. The number of hydrogen-bond donors (Lipinski definition) is 2. The number of benzene rings is 1. The number of aliphatic imine (C=N–C) groups is 1. The van der Waals surface area contributed by atoms with Crippen LogP contribution in [0.25, 0.3) is 11.9 Å². The van der Waals surface area contributed by atoms with E-state index in [0.29, 0.717) is 17.5 Å². The van der Waals surface area contributed by atoms with Crippen molar-refractivity contribution in [3.05, 3.63) is 63.6 Å². The second kappa shape index (κ2) is 7.53. The van der Waals surface area contributed by atoms with Gasteiger partial charge in [-0.3, -0.25) is 14.8 Å². The molecule has 1 aliphatic heterocycles. The number of nitrogens with two attached hydrogens (primary N) is 1. The molecule has 0 spiro atoms. The van der Waals surface area contributed by atoms with E-state index in [0.717, 1.165) is 4.47 Å². The van der Waals surface area contributed by atoms with E-state index >= 15 is 0 Å². The van der Waals surface area contributed by atoms with E-state index < -0.39 is 22.4 Å². The number of amides is 1. The van der Waals surface area contributed by atoms with Gasteiger partial charge in [0, 0.05) is 29.2 Å². The van der Waals surface area contributed by atoms with E-state index in [1.807, 2.05) is 0 Å². The monoisotopic (exact) mass is 478 g/mol. The quantitative estimate of drug-likeness (QED) is 0.694. The number of pyridine rings is 1. The molecule has 150 valence electrons. The van der Waals surface area contributed by atoms with Crippen molar-refractivity contribution in [3.8, 4) is 0 Å². The highest BCUT2D eigenvalue weighted by Crippen LogP contribution is 2.63. The van der Waals surface area contributed by atoms with Crippen molar-refractivity contribution in [1.29, 1.82) is 0 Å². The Morgan fingerprint density at radius 3 is 2.90 bits per heavy atom. The minimum absolute atomic E-state index is 0.140. The molecule has 3 unspecified atom stereocenters. The number of aromatic nitrogens is 1. The van der Waals surface area contributed by atoms with Gasteiger partial charge in [-0.15, -0.1) is 0 Å². The molecule has 0 bridgehead atoms. The first kappa shape index (κ1) is 20.0. The molecule has 5 nitrogen and oxygen atoms in total. The minimum atomic E-state index is -0.712. The summed E-state index contributed by atoms with van der Waals surface area (Å²) in [5.74, 6) is -1.30. The first-order valence-electron chi connectivity index (χ1n) is 8.87. The molecule has 3 N–H and O–H groups in total. The highest BCUT2D eigenvalue weighted by Gasteiger charge is 2.66. The molecule has 3 atom stereocenters. The summed E-state index contributed by atoms with van der Waals surface area (Å²) in [4.78, 5) is 20.7. The molecular formula is C20H17BrF2N4OS. The molecule has 2 heterocycles. The average molecular weight is 479 g/mol. The zero-order valence-corrected chi connectivity index (χ0v) is 17.7. The zero-order chi connectivity index (χ0) is 20.8. The summed E-state index contributed by atoms with van der Waals surface area (Å²) < 4.78 is 29.2. The maximum absolute atomic E-state index is 14.6. The molecule has 1 aliphatic carbocycles. The van der Waals surface area contributed by atoms with Crippen LogP contribution >= 0.6 is 27.7 Å². The van der Waals surface area contributed by atoms with Gasteiger partial charge in [0.2, 0.25) is 5.91 Å². The van der Waals surface area contributed by atoms with E-state index in [2.05, 4.69) is 31.2 Å². The van der Waals surface area contributed by atoms with Crippen LogP contribution in [0.5, 0.6) is 0 Å². The second-order valence-electron chi connectivity index (χ2n) is 6.93. The minimum Gasteiger partial charge on any atom is -0.378 e. The largest absolute Gasteiger partial charge is 0.378 e. The van der Waals surface area contributed by atoms with Gasteiger partial charge >= 0.3 is 0 Å². The van der Waals surface area contributed by atoms with Crippen molar-refractivity contribution < 1.29 is 13.6 Å². The van der Waals surface area contributed by atoms with Crippen LogP contribution in [0.4, 0.5) is 8.78 Å². The summed E-state index contributed by atoms with van der Waals surface area (Å²) in [5.41, 5.74) is 6.89. The van der Waals surface area contributed by atoms with E-state index in [9.17, 15) is 13.6 Å². The number of nitrogens with one attached hydrogen (secondary N) is 1. The topological polar surface area (TPSA) is 80.4 Å². The van der Waals surface area contributed by atoms with Gasteiger partial charge in [-0.25, -0.2) is 8.78 Å². The molecule has 1 aromatic heterocycles. The highest BCUT2D eigenvalue weighted by atomic mass is 79.9. The third-order valence-electron chi connectivity index (χ3n) is 5.11. The van der Waals surface area contributed by atoms with Gasteiger partial charge in [0.05, 0.1) is 11.7 Å². The van der Waals surface area contributed by atoms with Crippen LogP contribution in [-0.2, 0) is 4.79 Å². The Kier molecular flexibility index (Phi) is 5.20. The van der Waals surface area contributed by atoms with E-state index in [1.54, 1.807) is 25.2 Å². The molecule has 2 aliphatic rings. The fraction of sp³-hybridized carbons (Fsp3) is 0.250. The van der Waals surface area contributed by atoms with Gasteiger partial charge in [-0.2, -0.15) is 0 Å². The first-order valence-corrected chi connectivity index (χ1v) is 10.5. The van der Waals surface area contributed by atoms with Crippen molar-refractivity contribution in [3.63, 3.8) is 0 Å². The summed E-state index contributed by atoms with van der Waals surface area (Å²) in [7, 11) is 1.56. The van der Waals surface area contributed by atoms with Gasteiger partial charge in [0.1, 0.15) is 16.4 Å². The van der Waals surface area contributed by atoms with Crippen molar-refractivity contribution in [2.24, 2.45) is 16.6 Å². The van der Waals surface area contributed by atoms with Crippen LogP contribution in [0.15, 0.2) is 46.0 Å². The van der Waals surface area contributed by atoms with Crippen LogP contribution in [-0.4, -0.2) is 27.9 Å². The predicted molar refractivity (Wildman–Crippen MR) is 114 cm³/mol. The summed E-state index contributed by atoms with van der Waals surface area (Å²) >= 11 is 4.48. The fourth-order valence-electron chi connectivity index (χ4n) is 3.61. The molecule has 1 saturated carbocycles. The third kappa shape index (κ3) is 3.69. The lowest BCUT2D eigenvalue weighted by Crippen LogP contribution is -2.38. The molecule has 9 heteroatoms. The maximum Gasteiger partial charge on any atom is 0.236 e. The fourth-order valence-corrected chi connectivity index (χ4v) is 5.13. The molecule has 0 radical (unpaired) electrons. The van der Waals surface area contributed by atoms with Crippen molar-refractivity contribution in [2.45, 2.75) is 17.2 Å². The van der Waals surface area contributed by atoms with Crippen molar-refractivity contribution in [1.82, 2.24) is 10.3 Å². The lowest BCUT2D eigenvalue weighted by atomic mass is 9.98. The number of carbonyl (C=O) groups excluding carboxylic acids is 1. The molecule has 4 rings (SSSR count). The number of fused-ring (bicyclic) bond motifs is 1. The standard InChI is InChI=1S/C20H17BrF2N4OS/c1-25-18(28)20-8-13(20)17(27-19(24)29-20)12-6-10(2-4-14(12)22)7-15(23)16-5-3-11(21)9-26-16/h2-7,9,13,17H,8H2,1H3,(H2,24,27)(H,25,28)/b15-7-. The normalized spacial score (nSPS) is 25.8. The van der Waals surface area contributed by atoms with E-state index in [4.69, 9.17) is 5.73 Å². The van der Waals surface area contributed by atoms with Gasteiger partial charge in [-0.05, 0) is 58.3 Å². The Hall–Kier alpha value is -2.26. The first-order chi connectivity index (χ1) is 13.8. The maximum atomic E-state index is 14.6. The molecular weight excluding hydrogens is 462 g/mol. The molecule has 1 fully saturated rings. The summed E-state index contributed by atoms with van der Waals surface area (Å²) in [6.45, 7) is 0. The van der Waals surface area contributed by atoms with Crippen LogP contribution in [0.3, 0.4) is 0 Å². The Morgan fingerprint density at radius 2 is 2.21 bits per heavy atom. The van der Waals surface area contributed by atoms with Gasteiger partial charge in [0.15, 0.2) is 5.17 Å². The highest BCUT2D eigenvalue weighted by molar-refractivity contribution is 9.10. The Labute approximate surface area is 179 Å². The predicted octanol–water partition coefficient (Wildman–Crippen LogP) is 4.06. The van der Waals surface area contributed by atoms with Crippen LogP contribution in [0.2, 0.25) is 0 Å². The van der Waals surface area contributed by atoms with E-state index in [-0.39, 0.29) is 22.7 Å². The lowest BCUT2D eigenvalue weighted by Gasteiger charge is -2.25. The molecule has 0 saturated heterocycles. The van der Waals surface area contributed by atoms with Crippen LogP contribution in [0.1, 0.15) is 29.3 Å². The van der Waals surface area contributed by atoms with Crippen LogP contribution < -0.4 is 11.1 Å². The van der Waals surface area contributed by atoms with Gasteiger partial charge in [0.25, 0.3) is 0 Å². The summed E-state index contributed by atoms with van der Waals surface area (Å²) in [6, 6.07) is 6.97. The summed E-state index contributed by atoms with van der Waals surface area (Å²) in [5, 5.41) is 2.90. The number of rotatable bonds is 4. The summed E-state index contributed by atoms with van der Waals surface area (Å²) in [6.07, 6.45) is 3.35. The number of hydrogen-bond acceptors (Lipinski definition) is 5. The van der Waals surface area contributed by atoms with Crippen molar-refractivity contribution >= 4 is 50.7 Å². The number of nitrogens with zero attached hydrogens (tertiary/aromatic N) is 2.